The maximum atomic E-state index is 5.91. The second kappa shape index (κ2) is 5.75. The molecule has 0 fully saturated rings. The van der Waals surface area contributed by atoms with Crippen LogP contribution in [0.3, 0.4) is 0 Å². The van der Waals surface area contributed by atoms with Crippen molar-refractivity contribution in [1.82, 2.24) is 9.55 Å². The molecule has 1 aromatic heterocycles. The van der Waals surface area contributed by atoms with Gasteiger partial charge in [-0.05, 0) is 24.6 Å². The van der Waals surface area contributed by atoms with Crippen LogP contribution in [0.4, 0.5) is 5.69 Å². The van der Waals surface area contributed by atoms with E-state index in [0.29, 0.717) is 0 Å². The third-order valence-electron chi connectivity index (χ3n) is 3.21. The summed E-state index contributed by atoms with van der Waals surface area (Å²) in [6.45, 7) is 2.75. The second-order valence-corrected chi connectivity index (χ2v) is 5.66. The van der Waals surface area contributed by atoms with E-state index in [0.717, 1.165) is 28.1 Å². The fourth-order valence-electron chi connectivity index (χ4n) is 1.98. The molecule has 4 nitrogen and oxygen atoms in total. The predicted molar refractivity (Wildman–Crippen MR) is 82.1 cm³/mol. The van der Waals surface area contributed by atoms with Crippen molar-refractivity contribution in [3.8, 4) is 0 Å². The number of hydrogen-bond acceptors (Lipinski definition) is 3. The van der Waals surface area contributed by atoms with E-state index in [1.165, 1.54) is 0 Å². The SMILES string of the molecule is CC(N)c1ccc(N(C)Cc2nccn2C)cc1Br. The largest absolute Gasteiger partial charge is 0.367 e. The topological polar surface area (TPSA) is 47.1 Å². The van der Waals surface area contributed by atoms with Crippen molar-refractivity contribution in [2.75, 3.05) is 11.9 Å². The van der Waals surface area contributed by atoms with Gasteiger partial charge in [-0.3, -0.25) is 0 Å². The van der Waals surface area contributed by atoms with Gasteiger partial charge in [-0.2, -0.15) is 0 Å². The number of aromatic nitrogens is 2. The first-order chi connectivity index (χ1) is 8.99. The number of benzene rings is 1. The van der Waals surface area contributed by atoms with Crippen molar-refractivity contribution in [3.05, 3.63) is 46.5 Å². The van der Waals surface area contributed by atoms with Crippen LogP contribution >= 0.6 is 15.9 Å². The molecule has 1 unspecified atom stereocenters. The van der Waals surface area contributed by atoms with Gasteiger partial charge in [-0.15, -0.1) is 0 Å². The number of hydrogen-bond donors (Lipinski definition) is 1. The zero-order chi connectivity index (χ0) is 14.0. The number of halogens is 1. The lowest BCUT2D eigenvalue weighted by molar-refractivity contribution is 0.760. The van der Waals surface area contributed by atoms with Crippen molar-refractivity contribution in [2.24, 2.45) is 12.8 Å². The van der Waals surface area contributed by atoms with E-state index < -0.39 is 0 Å². The Kier molecular flexibility index (Phi) is 4.27. The first kappa shape index (κ1) is 14.1. The van der Waals surface area contributed by atoms with E-state index >= 15 is 0 Å². The van der Waals surface area contributed by atoms with E-state index in [4.69, 9.17) is 5.73 Å². The average molecular weight is 323 g/mol. The predicted octanol–water partition coefficient (Wildman–Crippen LogP) is 2.84. The van der Waals surface area contributed by atoms with Crippen LogP contribution in [-0.2, 0) is 13.6 Å². The van der Waals surface area contributed by atoms with Crippen LogP contribution in [0.1, 0.15) is 24.4 Å². The number of rotatable bonds is 4. The molecule has 0 aliphatic carbocycles. The van der Waals surface area contributed by atoms with Crippen LogP contribution in [0.25, 0.3) is 0 Å². The number of aryl methyl sites for hydroxylation is 1. The molecule has 1 aromatic carbocycles. The Labute approximate surface area is 122 Å². The van der Waals surface area contributed by atoms with Crippen molar-refractivity contribution >= 4 is 21.6 Å². The molecule has 1 heterocycles. The van der Waals surface area contributed by atoms with E-state index in [-0.39, 0.29) is 6.04 Å². The van der Waals surface area contributed by atoms with Crippen LogP contribution < -0.4 is 10.6 Å². The Morgan fingerprint density at radius 2 is 2.21 bits per heavy atom. The number of nitrogens with two attached hydrogens (primary N) is 1. The van der Waals surface area contributed by atoms with Gasteiger partial charge in [0.15, 0.2) is 0 Å². The number of anilines is 1. The Hall–Kier alpha value is -1.33. The maximum Gasteiger partial charge on any atom is 0.127 e. The molecule has 19 heavy (non-hydrogen) atoms. The van der Waals surface area contributed by atoms with Gasteiger partial charge in [0.05, 0.1) is 6.54 Å². The van der Waals surface area contributed by atoms with E-state index in [1.54, 1.807) is 0 Å². The third-order valence-corrected chi connectivity index (χ3v) is 3.90. The van der Waals surface area contributed by atoms with E-state index in [2.05, 4.69) is 51.1 Å². The fourth-order valence-corrected chi connectivity index (χ4v) is 2.70. The number of imidazole rings is 1. The molecule has 0 amide bonds. The molecular weight excluding hydrogens is 304 g/mol. The summed E-state index contributed by atoms with van der Waals surface area (Å²) < 4.78 is 3.08. The molecule has 0 saturated carbocycles. The van der Waals surface area contributed by atoms with E-state index in [1.807, 2.05) is 30.9 Å². The normalized spacial score (nSPS) is 12.5. The number of nitrogens with zero attached hydrogens (tertiary/aromatic N) is 3. The lowest BCUT2D eigenvalue weighted by Gasteiger charge is -2.20. The van der Waals surface area contributed by atoms with Crippen molar-refractivity contribution in [2.45, 2.75) is 19.5 Å². The average Bonchev–Trinajstić information content (AvgIpc) is 2.74. The summed E-state index contributed by atoms with van der Waals surface area (Å²) in [6, 6.07) is 6.29. The Bertz CT molecular complexity index is 562. The van der Waals surface area contributed by atoms with Gasteiger partial charge < -0.3 is 15.2 Å². The van der Waals surface area contributed by atoms with Gasteiger partial charge in [-0.1, -0.05) is 22.0 Å². The van der Waals surface area contributed by atoms with Crippen LogP contribution in [0, 0.1) is 0 Å². The molecule has 5 heteroatoms. The molecule has 0 aliphatic heterocycles. The highest BCUT2D eigenvalue weighted by atomic mass is 79.9. The highest BCUT2D eigenvalue weighted by Crippen LogP contribution is 2.27. The minimum absolute atomic E-state index is 0.0308. The Balaban J connectivity index is 2.18. The molecule has 1 atom stereocenters. The molecule has 2 rings (SSSR count). The lowest BCUT2D eigenvalue weighted by Crippen LogP contribution is -2.19. The smallest absolute Gasteiger partial charge is 0.127 e. The second-order valence-electron chi connectivity index (χ2n) is 4.80. The Morgan fingerprint density at radius 1 is 1.47 bits per heavy atom. The molecule has 0 radical (unpaired) electrons. The quantitative estimate of drug-likeness (QED) is 0.941. The lowest BCUT2D eigenvalue weighted by atomic mass is 10.1. The van der Waals surface area contributed by atoms with Gasteiger partial charge in [0.25, 0.3) is 0 Å². The fraction of sp³-hybridized carbons (Fsp3) is 0.357. The van der Waals surface area contributed by atoms with Gasteiger partial charge in [0.1, 0.15) is 5.82 Å². The minimum atomic E-state index is 0.0308. The first-order valence-electron chi connectivity index (χ1n) is 6.21. The van der Waals surface area contributed by atoms with Gasteiger partial charge in [0.2, 0.25) is 0 Å². The third kappa shape index (κ3) is 3.16. The first-order valence-corrected chi connectivity index (χ1v) is 7.00. The van der Waals surface area contributed by atoms with Crippen LogP contribution in [0.5, 0.6) is 0 Å². The molecule has 0 saturated heterocycles. The van der Waals surface area contributed by atoms with Crippen molar-refractivity contribution in [1.29, 1.82) is 0 Å². The summed E-state index contributed by atoms with van der Waals surface area (Å²) >= 11 is 3.58. The molecule has 102 valence electrons. The van der Waals surface area contributed by atoms with Crippen molar-refractivity contribution < 1.29 is 0 Å². The molecular formula is C14H19BrN4. The van der Waals surface area contributed by atoms with Crippen LogP contribution in [0.2, 0.25) is 0 Å². The highest BCUT2D eigenvalue weighted by molar-refractivity contribution is 9.10. The summed E-state index contributed by atoms with van der Waals surface area (Å²) in [5.41, 5.74) is 8.17. The summed E-state index contributed by atoms with van der Waals surface area (Å²) in [7, 11) is 4.06. The molecule has 0 spiro atoms. The standard InChI is InChI=1S/C14H19BrN4/c1-10(16)12-5-4-11(8-13(12)15)19(3)9-14-17-6-7-18(14)2/h4-8,10H,9,16H2,1-3H3. The molecule has 2 aromatic rings. The van der Waals surface area contributed by atoms with Gasteiger partial charge in [0, 0.05) is 42.7 Å². The van der Waals surface area contributed by atoms with Gasteiger partial charge >= 0.3 is 0 Å². The highest BCUT2D eigenvalue weighted by Gasteiger charge is 2.09. The summed E-state index contributed by atoms with van der Waals surface area (Å²) in [5.74, 6) is 1.04. The monoisotopic (exact) mass is 322 g/mol. The van der Waals surface area contributed by atoms with Gasteiger partial charge in [-0.25, -0.2) is 4.98 Å². The molecule has 2 N–H and O–H groups in total. The molecule has 0 bridgehead atoms. The van der Waals surface area contributed by atoms with Crippen LogP contribution in [-0.4, -0.2) is 16.6 Å². The minimum Gasteiger partial charge on any atom is -0.367 e. The Morgan fingerprint density at radius 3 is 2.74 bits per heavy atom. The van der Waals surface area contributed by atoms with Crippen molar-refractivity contribution in [3.63, 3.8) is 0 Å². The zero-order valence-corrected chi connectivity index (χ0v) is 13.1. The van der Waals surface area contributed by atoms with E-state index in [9.17, 15) is 0 Å². The molecule has 0 aliphatic rings. The van der Waals surface area contributed by atoms with Crippen LogP contribution in [0.15, 0.2) is 35.1 Å². The summed E-state index contributed by atoms with van der Waals surface area (Å²) in [4.78, 5) is 6.50. The summed E-state index contributed by atoms with van der Waals surface area (Å²) in [5, 5.41) is 0. The zero-order valence-electron chi connectivity index (χ0n) is 11.5. The summed E-state index contributed by atoms with van der Waals surface area (Å²) in [6.07, 6.45) is 3.77. The maximum absolute atomic E-state index is 5.91.